The van der Waals surface area contributed by atoms with Crippen molar-refractivity contribution in [2.75, 3.05) is 17.7 Å². The van der Waals surface area contributed by atoms with Crippen LogP contribution in [0.15, 0.2) is 35.0 Å². The average molecular weight is 262 g/mol. The number of nitrogens with one attached hydrogen (secondary N) is 1. The van der Waals surface area contributed by atoms with Crippen LogP contribution in [0.2, 0.25) is 0 Å². The summed E-state index contributed by atoms with van der Waals surface area (Å²) in [6.45, 7) is -0.458. The summed E-state index contributed by atoms with van der Waals surface area (Å²) in [5.41, 5.74) is 5.65. The average Bonchev–Trinajstić information content (AvgIpc) is 2.83. The lowest BCUT2D eigenvalue weighted by Gasteiger charge is -2.05. The molecule has 0 aliphatic carbocycles. The Balaban J connectivity index is 1.84. The molecular formula is C11H10N4O4. The van der Waals surface area contributed by atoms with Gasteiger partial charge in [-0.25, -0.2) is 9.42 Å². The van der Waals surface area contributed by atoms with E-state index in [1.807, 2.05) is 6.07 Å². The summed E-state index contributed by atoms with van der Waals surface area (Å²) in [7, 11) is 0. The molecular weight excluding hydrogens is 252 g/mol. The molecule has 0 fully saturated rings. The SMILES string of the molecule is Nc1nonc1C(=O)OCC(=O)Nc1ccccc1. The summed E-state index contributed by atoms with van der Waals surface area (Å²) in [6, 6.07) is 8.77. The monoisotopic (exact) mass is 262 g/mol. The van der Waals surface area contributed by atoms with E-state index < -0.39 is 18.5 Å². The number of benzene rings is 1. The second-order valence-corrected chi connectivity index (χ2v) is 3.49. The van der Waals surface area contributed by atoms with Crippen LogP contribution in [0, 0.1) is 0 Å². The Bertz CT molecular complexity index is 581. The third-order valence-electron chi connectivity index (χ3n) is 2.10. The normalized spacial score (nSPS) is 9.89. The molecule has 8 nitrogen and oxygen atoms in total. The predicted molar refractivity (Wildman–Crippen MR) is 64.1 cm³/mol. The number of amides is 1. The largest absolute Gasteiger partial charge is 0.451 e. The van der Waals surface area contributed by atoms with Gasteiger partial charge in [0.25, 0.3) is 5.91 Å². The maximum Gasteiger partial charge on any atom is 0.365 e. The van der Waals surface area contributed by atoms with Crippen molar-refractivity contribution in [1.29, 1.82) is 0 Å². The predicted octanol–water partition coefficient (Wildman–Crippen LogP) is 0.447. The lowest BCUT2D eigenvalue weighted by Crippen LogP contribution is -2.21. The van der Waals surface area contributed by atoms with E-state index in [1.54, 1.807) is 24.3 Å². The van der Waals surface area contributed by atoms with Gasteiger partial charge in [-0.3, -0.25) is 4.79 Å². The Morgan fingerprint density at radius 1 is 1.26 bits per heavy atom. The molecule has 98 valence electrons. The lowest BCUT2D eigenvalue weighted by atomic mass is 10.3. The first-order valence-corrected chi connectivity index (χ1v) is 5.27. The van der Waals surface area contributed by atoms with Gasteiger partial charge >= 0.3 is 5.97 Å². The van der Waals surface area contributed by atoms with Crippen molar-refractivity contribution in [2.24, 2.45) is 0 Å². The van der Waals surface area contributed by atoms with E-state index in [-0.39, 0.29) is 11.5 Å². The third kappa shape index (κ3) is 3.28. The van der Waals surface area contributed by atoms with Crippen molar-refractivity contribution in [3.05, 3.63) is 36.0 Å². The highest BCUT2D eigenvalue weighted by molar-refractivity contribution is 5.96. The Labute approximate surface area is 107 Å². The van der Waals surface area contributed by atoms with Crippen molar-refractivity contribution in [2.45, 2.75) is 0 Å². The van der Waals surface area contributed by atoms with Crippen molar-refractivity contribution in [1.82, 2.24) is 10.3 Å². The van der Waals surface area contributed by atoms with E-state index in [2.05, 4.69) is 20.3 Å². The van der Waals surface area contributed by atoms with E-state index in [1.165, 1.54) is 0 Å². The smallest absolute Gasteiger partial charge is 0.365 e. The van der Waals surface area contributed by atoms with Crippen molar-refractivity contribution in [3.63, 3.8) is 0 Å². The fourth-order valence-corrected chi connectivity index (χ4v) is 1.26. The van der Waals surface area contributed by atoms with Crippen LogP contribution in [0.1, 0.15) is 10.5 Å². The number of carbonyl (C=O) groups is 2. The fourth-order valence-electron chi connectivity index (χ4n) is 1.26. The van der Waals surface area contributed by atoms with Crippen LogP contribution in [-0.2, 0) is 9.53 Å². The number of nitrogens with zero attached hydrogens (tertiary/aromatic N) is 2. The van der Waals surface area contributed by atoms with Gasteiger partial charge in [-0.1, -0.05) is 18.2 Å². The van der Waals surface area contributed by atoms with Gasteiger partial charge in [-0.15, -0.1) is 0 Å². The number of carbonyl (C=O) groups excluding carboxylic acids is 2. The second-order valence-electron chi connectivity index (χ2n) is 3.49. The van der Waals surface area contributed by atoms with Crippen LogP contribution in [0.25, 0.3) is 0 Å². The Morgan fingerprint density at radius 2 is 2.00 bits per heavy atom. The highest BCUT2D eigenvalue weighted by Crippen LogP contribution is 2.07. The molecule has 0 aliphatic rings. The number of ether oxygens (including phenoxy) is 1. The van der Waals surface area contributed by atoms with Gasteiger partial charge in [0.05, 0.1) is 0 Å². The summed E-state index contributed by atoms with van der Waals surface area (Å²) < 4.78 is 8.95. The molecule has 0 saturated heterocycles. The molecule has 3 N–H and O–H groups in total. The van der Waals surface area contributed by atoms with E-state index in [4.69, 9.17) is 10.5 Å². The first-order valence-electron chi connectivity index (χ1n) is 5.27. The molecule has 0 unspecified atom stereocenters. The number of nitrogens with two attached hydrogens (primary N) is 1. The molecule has 0 saturated carbocycles. The molecule has 1 aromatic heterocycles. The molecule has 2 rings (SSSR count). The fraction of sp³-hybridized carbons (Fsp3) is 0.0909. The molecule has 1 amide bonds. The van der Waals surface area contributed by atoms with Gasteiger partial charge in [0.15, 0.2) is 6.61 Å². The number of anilines is 2. The van der Waals surface area contributed by atoms with Gasteiger partial charge in [0.2, 0.25) is 11.5 Å². The minimum atomic E-state index is -0.873. The minimum Gasteiger partial charge on any atom is -0.451 e. The standard InChI is InChI=1S/C11H10N4O4/c12-10-9(14-19-15-10)11(17)18-6-8(16)13-7-4-2-1-3-5-7/h1-5H,6H2,(H2,12,15)(H,13,16). The zero-order valence-electron chi connectivity index (χ0n) is 9.70. The lowest BCUT2D eigenvalue weighted by molar-refractivity contribution is -0.119. The van der Waals surface area contributed by atoms with Gasteiger partial charge < -0.3 is 15.8 Å². The van der Waals surface area contributed by atoms with Gasteiger partial charge in [0, 0.05) is 5.69 Å². The molecule has 0 bridgehead atoms. The summed E-state index contributed by atoms with van der Waals surface area (Å²) >= 11 is 0. The zero-order chi connectivity index (χ0) is 13.7. The summed E-state index contributed by atoms with van der Waals surface area (Å²) in [6.07, 6.45) is 0. The number of para-hydroxylation sites is 1. The molecule has 8 heteroatoms. The number of esters is 1. The van der Waals surface area contributed by atoms with Crippen LogP contribution in [0.5, 0.6) is 0 Å². The number of rotatable bonds is 4. The molecule has 0 spiro atoms. The van der Waals surface area contributed by atoms with Gasteiger partial charge in [0.1, 0.15) is 0 Å². The minimum absolute atomic E-state index is 0.187. The van der Waals surface area contributed by atoms with E-state index in [0.717, 1.165) is 0 Å². The van der Waals surface area contributed by atoms with Crippen LogP contribution in [0.3, 0.4) is 0 Å². The molecule has 2 aromatic rings. The number of hydrogen-bond acceptors (Lipinski definition) is 7. The Morgan fingerprint density at radius 3 is 2.63 bits per heavy atom. The van der Waals surface area contributed by atoms with Crippen molar-refractivity contribution >= 4 is 23.4 Å². The molecule has 19 heavy (non-hydrogen) atoms. The topological polar surface area (TPSA) is 120 Å². The van der Waals surface area contributed by atoms with Gasteiger partial charge in [-0.2, -0.15) is 0 Å². The van der Waals surface area contributed by atoms with E-state index in [0.29, 0.717) is 5.69 Å². The summed E-state index contributed by atoms with van der Waals surface area (Å²) in [5.74, 6) is -1.54. The van der Waals surface area contributed by atoms with E-state index >= 15 is 0 Å². The molecule has 0 radical (unpaired) electrons. The second kappa shape index (κ2) is 5.63. The summed E-state index contributed by atoms with van der Waals surface area (Å²) in [4.78, 5) is 22.9. The Hall–Kier alpha value is -2.90. The van der Waals surface area contributed by atoms with Crippen LogP contribution in [-0.4, -0.2) is 28.8 Å². The number of hydrogen-bond donors (Lipinski definition) is 2. The maximum atomic E-state index is 11.5. The summed E-state index contributed by atoms with van der Waals surface area (Å²) in [5, 5.41) is 9.03. The number of aromatic nitrogens is 2. The molecule has 1 aromatic carbocycles. The van der Waals surface area contributed by atoms with E-state index in [9.17, 15) is 9.59 Å². The maximum absolute atomic E-state index is 11.5. The Kier molecular flexibility index (Phi) is 3.72. The molecule has 0 aliphatic heterocycles. The van der Waals surface area contributed by atoms with Gasteiger partial charge in [-0.05, 0) is 22.4 Å². The van der Waals surface area contributed by atoms with Crippen molar-refractivity contribution < 1.29 is 19.0 Å². The molecule has 0 atom stereocenters. The van der Waals surface area contributed by atoms with Crippen LogP contribution in [0.4, 0.5) is 11.5 Å². The van der Waals surface area contributed by atoms with Crippen LogP contribution < -0.4 is 11.1 Å². The first kappa shape index (κ1) is 12.6. The molecule has 1 heterocycles. The highest BCUT2D eigenvalue weighted by atomic mass is 16.6. The van der Waals surface area contributed by atoms with Crippen LogP contribution >= 0.6 is 0 Å². The first-order chi connectivity index (χ1) is 9.16. The van der Waals surface area contributed by atoms with Crippen molar-refractivity contribution in [3.8, 4) is 0 Å². The number of nitrogen functional groups attached to an aromatic ring is 1. The zero-order valence-corrected chi connectivity index (χ0v) is 9.70. The quantitative estimate of drug-likeness (QED) is 0.767. The highest BCUT2D eigenvalue weighted by Gasteiger charge is 2.18. The third-order valence-corrected chi connectivity index (χ3v) is 2.10.